The minimum absolute atomic E-state index is 0.0213. The molecule has 1 aromatic heterocycles. The molecule has 4 rings (SSSR count). The molecule has 0 radical (unpaired) electrons. The lowest BCUT2D eigenvalue weighted by Gasteiger charge is -2.23. The van der Waals surface area contributed by atoms with Crippen molar-refractivity contribution in [3.05, 3.63) is 46.3 Å². The summed E-state index contributed by atoms with van der Waals surface area (Å²) in [4.78, 5) is 12.4. The van der Waals surface area contributed by atoms with Crippen molar-refractivity contribution in [1.29, 1.82) is 0 Å². The number of furan rings is 1. The van der Waals surface area contributed by atoms with E-state index in [9.17, 15) is 4.79 Å². The lowest BCUT2D eigenvalue weighted by Crippen LogP contribution is -2.29. The minimum Gasteiger partial charge on any atom is -0.486 e. The predicted octanol–water partition coefficient (Wildman–Crippen LogP) is 3.69. The maximum atomic E-state index is 12.4. The van der Waals surface area contributed by atoms with Gasteiger partial charge < -0.3 is 19.2 Å². The number of halogens is 1. The molecule has 23 heavy (non-hydrogen) atoms. The van der Waals surface area contributed by atoms with E-state index in [1.807, 2.05) is 18.2 Å². The molecule has 6 heteroatoms. The second-order valence-electron chi connectivity index (χ2n) is 5.83. The molecule has 0 saturated heterocycles. The number of carbonyl (C=O) groups is 1. The number of benzene rings is 1. The van der Waals surface area contributed by atoms with E-state index in [1.165, 1.54) is 6.26 Å². The molecule has 2 heterocycles. The standard InChI is InChI=1S/C17H16BrNO4/c18-15-8-12(9-23-15)17(20)19-16(10-1-2-10)11-3-4-13-14(7-11)22-6-5-21-13/h3-4,7-10,16H,1-2,5-6H2,(H,19,20). The molecular weight excluding hydrogens is 362 g/mol. The molecule has 1 unspecified atom stereocenters. The minimum atomic E-state index is -0.133. The van der Waals surface area contributed by atoms with Crippen molar-refractivity contribution in [3.63, 3.8) is 0 Å². The van der Waals surface area contributed by atoms with E-state index in [2.05, 4.69) is 21.2 Å². The smallest absolute Gasteiger partial charge is 0.255 e. The Morgan fingerprint density at radius 1 is 1.17 bits per heavy atom. The van der Waals surface area contributed by atoms with Gasteiger partial charge in [-0.3, -0.25) is 4.79 Å². The van der Waals surface area contributed by atoms with Gasteiger partial charge in [0, 0.05) is 6.07 Å². The number of nitrogens with one attached hydrogen (secondary N) is 1. The van der Waals surface area contributed by atoms with Crippen molar-refractivity contribution in [2.45, 2.75) is 18.9 Å². The van der Waals surface area contributed by atoms with E-state index in [1.54, 1.807) is 6.07 Å². The summed E-state index contributed by atoms with van der Waals surface area (Å²) >= 11 is 3.22. The van der Waals surface area contributed by atoms with Gasteiger partial charge in [0.25, 0.3) is 5.91 Å². The number of amides is 1. The van der Waals surface area contributed by atoms with Gasteiger partial charge in [-0.25, -0.2) is 0 Å². The molecular formula is C17H16BrNO4. The predicted molar refractivity (Wildman–Crippen MR) is 86.8 cm³/mol. The number of rotatable bonds is 4. The molecule has 2 aromatic rings. The quantitative estimate of drug-likeness (QED) is 0.882. The Hall–Kier alpha value is -1.95. The molecule has 1 saturated carbocycles. The Balaban J connectivity index is 1.57. The molecule has 1 amide bonds. The summed E-state index contributed by atoms with van der Waals surface area (Å²) in [6.07, 6.45) is 3.69. The molecule has 1 N–H and O–H groups in total. The Morgan fingerprint density at radius 2 is 1.96 bits per heavy atom. The van der Waals surface area contributed by atoms with Crippen molar-refractivity contribution < 1.29 is 18.7 Å². The summed E-state index contributed by atoms with van der Waals surface area (Å²) in [5.74, 6) is 1.85. The third-order valence-electron chi connectivity index (χ3n) is 4.14. The molecule has 120 valence electrons. The summed E-state index contributed by atoms with van der Waals surface area (Å²) in [7, 11) is 0. The van der Waals surface area contributed by atoms with Gasteiger partial charge in [0.2, 0.25) is 0 Å². The number of carbonyl (C=O) groups excluding carboxylic acids is 1. The number of fused-ring (bicyclic) bond motifs is 1. The fraction of sp³-hybridized carbons (Fsp3) is 0.353. The van der Waals surface area contributed by atoms with Crippen molar-refractivity contribution in [3.8, 4) is 11.5 Å². The highest BCUT2D eigenvalue weighted by Gasteiger charge is 2.34. The summed E-state index contributed by atoms with van der Waals surface area (Å²) < 4.78 is 16.9. The van der Waals surface area contributed by atoms with Crippen LogP contribution in [0.1, 0.15) is 34.8 Å². The van der Waals surface area contributed by atoms with Crippen LogP contribution in [-0.2, 0) is 0 Å². The van der Waals surface area contributed by atoms with Crippen molar-refractivity contribution >= 4 is 21.8 Å². The van der Waals surface area contributed by atoms with Gasteiger partial charge in [-0.2, -0.15) is 0 Å². The second-order valence-corrected chi connectivity index (χ2v) is 6.61. The topological polar surface area (TPSA) is 60.7 Å². The fourth-order valence-corrected chi connectivity index (χ4v) is 3.15. The first-order valence-corrected chi connectivity index (χ1v) is 8.44. The molecule has 2 aliphatic rings. The Labute approximate surface area is 142 Å². The largest absolute Gasteiger partial charge is 0.486 e. The molecule has 0 spiro atoms. The second kappa shape index (κ2) is 5.92. The van der Waals surface area contributed by atoms with E-state index >= 15 is 0 Å². The summed E-state index contributed by atoms with van der Waals surface area (Å²) in [6, 6.07) is 7.54. The zero-order chi connectivity index (χ0) is 15.8. The maximum Gasteiger partial charge on any atom is 0.255 e. The molecule has 1 fully saturated rings. The van der Waals surface area contributed by atoms with Crippen LogP contribution in [0.4, 0.5) is 0 Å². The average molecular weight is 378 g/mol. The first-order valence-electron chi connectivity index (χ1n) is 7.65. The van der Waals surface area contributed by atoms with Gasteiger partial charge in [0.1, 0.15) is 19.5 Å². The molecule has 5 nitrogen and oxygen atoms in total. The maximum absolute atomic E-state index is 12.4. The lowest BCUT2D eigenvalue weighted by atomic mass is 10.0. The highest BCUT2D eigenvalue weighted by Crippen LogP contribution is 2.43. The third-order valence-corrected chi connectivity index (χ3v) is 4.55. The van der Waals surface area contributed by atoms with Crippen LogP contribution in [-0.4, -0.2) is 19.1 Å². The van der Waals surface area contributed by atoms with Crippen LogP contribution in [0.25, 0.3) is 0 Å². The van der Waals surface area contributed by atoms with Gasteiger partial charge in [0.05, 0.1) is 11.6 Å². The van der Waals surface area contributed by atoms with E-state index in [0.29, 0.717) is 29.4 Å². The summed E-state index contributed by atoms with van der Waals surface area (Å²) in [5.41, 5.74) is 1.56. The van der Waals surface area contributed by atoms with Crippen LogP contribution in [0.5, 0.6) is 11.5 Å². The highest BCUT2D eigenvalue weighted by molar-refractivity contribution is 9.10. The first-order chi connectivity index (χ1) is 11.2. The van der Waals surface area contributed by atoms with Crippen molar-refractivity contribution in [2.75, 3.05) is 13.2 Å². The number of hydrogen-bond donors (Lipinski definition) is 1. The molecule has 1 aliphatic carbocycles. The van der Waals surface area contributed by atoms with Crippen LogP contribution in [0.15, 0.2) is 39.6 Å². The fourth-order valence-electron chi connectivity index (χ4n) is 2.81. The van der Waals surface area contributed by atoms with Crippen LogP contribution in [0, 0.1) is 5.92 Å². The normalized spacial score (nSPS) is 17.6. The van der Waals surface area contributed by atoms with E-state index in [0.717, 1.165) is 29.9 Å². The zero-order valence-electron chi connectivity index (χ0n) is 12.4. The summed E-state index contributed by atoms with van der Waals surface area (Å²) in [5, 5.41) is 3.12. The molecule has 0 bridgehead atoms. The zero-order valence-corrected chi connectivity index (χ0v) is 14.0. The van der Waals surface area contributed by atoms with E-state index in [4.69, 9.17) is 13.9 Å². The van der Waals surface area contributed by atoms with Gasteiger partial charge in [-0.1, -0.05) is 6.07 Å². The van der Waals surface area contributed by atoms with Crippen LogP contribution >= 0.6 is 15.9 Å². The van der Waals surface area contributed by atoms with Crippen molar-refractivity contribution in [1.82, 2.24) is 5.32 Å². The van der Waals surface area contributed by atoms with Gasteiger partial charge in [-0.15, -0.1) is 0 Å². The monoisotopic (exact) mass is 377 g/mol. The molecule has 1 aliphatic heterocycles. The Kier molecular flexibility index (Phi) is 3.77. The van der Waals surface area contributed by atoms with Gasteiger partial charge in [0.15, 0.2) is 16.2 Å². The van der Waals surface area contributed by atoms with Crippen LogP contribution in [0.2, 0.25) is 0 Å². The Morgan fingerprint density at radius 3 is 2.65 bits per heavy atom. The van der Waals surface area contributed by atoms with Gasteiger partial charge >= 0.3 is 0 Å². The van der Waals surface area contributed by atoms with Gasteiger partial charge in [-0.05, 0) is 52.4 Å². The molecule has 1 aromatic carbocycles. The average Bonchev–Trinajstić information content (AvgIpc) is 3.32. The SMILES string of the molecule is O=C(NC(c1ccc2c(c1)OCCO2)C1CC1)c1coc(Br)c1. The van der Waals surface area contributed by atoms with E-state index in [-0.39, 0.29) is 11.9 Å². The number of hydrogen-bond acceptors (Lipinski definition) is 4. The van der Waals surface area contributed by atoms with E-state index < -0.39 is 0 Å². The first kappa shape index (κ1) is 14.6. The van der Waals surface area contributed by atoms with Crippen LogP contribution in [0.3, 0.4) is 0 Å². The lowest BCUT2D eigenvalue weighted by molar-refractivity contribution is 0.0931. The highest BCUT2D eigenvalue weighted by atomic mass is 79.9. The molecule has 1 atom stereocenters. The van der Waals surface area contributed by atoms with Crippen molar-refractivity contribution in [2.24, 2.45) is 5.92 Å². The number of ether oxygens (including phenoxy) is 2. The third kappa shape index (κ3) is 3.08. The Bertz CT molecular complexity index is 738. The van der Waals surface area contributed by atoms with Crippen LogP contribution < -0.4 is 14.8 Å². The summed E-state index contributed by atoms with van der Waals surface area (Å²) in [6.45, 7) is 1.13.